The van der Waals surface area contributed by atoms with E-state index in [4.69, 9.17) is 4.52 Å². The van der Waals surface area contributed by atoms with Gasteiger partial charge in [0.15, 0.2) is 0 Å². The minimum Gasteiger partial charge on any atom is -0.481 e. The summed E-state index contributed by atoms with van der Waals surface area (Å²) in [6.07, 6.45) is 2.57. The van der Waals surface area contributed by atoms with Crippen LogP contribution in [-0.4, -0.2) is 33.5 Å². The lowest BCUT2D eigenvalue weighted by molar-refractivity contribution is -0.153. The maximum absolute atomic E-state index is 14.8. The molecular formula is C29H26FN3O4. The van der Waals surface area contributed by atoms with Gasteiger partial charge in [0.1, 0.15) is 17.5 Å². The summed E-state index contributed by atoms with van der Waals surface area (Å²) in [6.45, 7) is 0.622. The molecule has 8 heteroatoms. The van der Waals surface area contributed by atoms with Crippen LogP contribution in [0.15, 0.2) is 77.3 Å². The van der Waals surface area contributed by atoms with Gasteiger partial charge in [-0.05, 0) is 48.9 Å². The fourth-order valence-corrected chi connectivity index (χ4v) is 4.71. The van der Waals surface area contributed by atoms with Crippen molar-refractivity contribution >= 4 is 12.3 Å². The van der Waals surface area contributed by atoms with Gasteiger partial charge in [0.25, 0.3) is 5.89 Å². The smallest absolute Gasteiger partial charge is 0.316 e. The highest BCUT2D eigenvalue weighted by Crippen LogP contribution is 2.35. The number of halogens is 1. The standard InChI is InChI=1S/C29H26FN3O4/c30-25-16-22(10-11-24(25)20-4-2-1-3-5-20)27-32-26(33-37-27)21-8-6-19(7-9-21)17-31-23-12-14-29(18-34,15-13-23)28(35)36/h1-11,16,18,23,31H,12-15,17H2,(H,35,36). The number of carboxylic acids is 1. The van der Waals surface area contributed by atoms with E-state index in [1.54, 1.807) is 12.1 Å². The number of hydrogen-bond donors (Lipinski definition) is 2. The lowest BCUT2D eigenvalue weighted by Crippen LogP contribution is -2.42. The zero-order chi connectivity index (χ0) is 25.8. The van der Waals surface area contributed by atoms with Crippen molar-refractivity contribution in [1.82, 2.24) is 15.5 Å². The topological polar surface area (TPSA) is 105 Å². The Morgan fingerprint density at radius 1 is 1.03 bits per heavy atom. The molecule has 0 saturated heterocycles. The van der Waals surface area contributed by atoms with Gasteiger partial charge in [-0.25, -0.2) is 4.39 Å². The average Bonchev–Trinajstić information content (AvgIpc) is 3.43. The molecule has 1 aliphatic rings. The van der Waals surface area contributed by atoms with E-state index in [0.29, 0.717) is 55.5 Å². The lowest BCUT2D eigenvalue weighted by Gasteiger charge is -2.33. The average molecular weight is 500 g/mol. The van der Waals surface area contributed by atoms with Crippen LogP contribution in [0.5, 0.6) is 0 Å². The molecule has 4 aromatic rings. The van der Waals surface area contributed by atoms with Crippen LogP contribution in [0.2, 0.25) is 0 Å². The van der Waals surface area contributed by atoms with Crippen LogP contribution in [0.1, 0.15) is 31.2 Å². The second-order valence-corrected chi connectivity index (χ2v) is 9.42. The number of aldehydes is 1. The summed E-state index contributed by atoms with van der Waals surface area (Å²) in [5, 5.41) is 16.9. The van der Waals surface area contributed by atoms with E-state index in [1.807, 2.05) is 54.6 Å². The zero-order valence-electron chi connectivity index (χ0n) is 20.1. The minimum atomic E-state index is -1.24. The molecule has 1 aromatic heterocycles. The zero-order valence-corrected chi connectivity index (χ0v) is 20.1. The van der Waals surface area contributed by atoms with E-state index in [2.05, 4.69) is 15.5 Å². The van der Waals surface area contributed by atoms with Gasteiger partial charge in [0.2, 0.25) is 5.82 Å². The highest BCUT2D eigenvalue weighted by atomic mass is 19.1. The number of nitrogens with one attached hydrogen (secondary N) is 1. The van der Waals surface area contributed by atoms with Crippen molar-refractivity contribution in [3.8, 4) is 34.0 Å². The van der Waals surface area contributed by atoms with Crippen LogP contribution in [0.3, 0.4) is 0 Å². The van der Waals surface area contributed by atoms with Crippen molar-refractivity contribution in [2.75, 3.05) is 0 Å². The molecule has 37 heavy (non-hydrogen) atoms. The first kappa shape index (κ1) is 24.5. The number of nitrogens with zero attached hydrogens (tertiary/aromatic N) is 2. The van der Waals surface area contributed by atoms with Crippen LogP contribution in [0, 0.1) is 11.2 Å². The summed E-state index contributed by atoms with van der Waals surface area (Å²) in [5.74, 6) is -0.744. The molecule has 2 N–H and O–H groups in total. The maximum Gasteiger partial charge on any atom is 0.316 e. The maximum atomic E-state index is 14.8. The van der Waals surface area contributed by atoms with Crippen LogP contribution < -0.4 is 5.32 Å². The summed E-state index contributed by atoms with van der Waals surface area (Å²) in [4.78, 5) is 27.2. The van der Waals surface area contributed by atoms with Crippen LogP contribution in [-0.2, 0) is 16.1 Å². The van der Waals surface area contributed by atoms with E-state index in [0.717, 1.165) is 16.7 Å². The quantitative estimate of drug-likeness (QED) is 0.243. The third kappa shape index (κ3) is 5.20. The molecule has 5 rings (SSSR count). The van der Waals surface area contributed by atoms with Crippen LogP contribution in [0.25, 0.3) is 34.0 Å². The Morgan fingerprint density at radius 2 is 1.73 bits per heavy atom. The molecule has 1 saturated carbocycles. The van der Waals surface area contributed by atoms with Crippen LogP contribution >= 0.6 is 0 Å². The number of benzene rings is 3. The first-order valence-electron chi connectivity index (χ1n) is 12.2. The molecule has 0 unspecified atom stereocenters. The SMILES string of the molecule is O=CC1(C(=O)O)CCC(NCc2ccc(-c3noc(-c4ccc(-c5ccccc5)c(F)c4)n3)cc2)CC1. The van der Waals surface area contributed by atoms with Crippen molar-refractivity contribution in [1.29, 1.82) is 0 Å². The molecule has 1 fully saturated rings. The van der Waals surface area contributed by atoms with Crippen molar-refractivity contribution in [2.24, 2.45) is 5.41 Å². The Kier molecular flexibility index (Phi) is 6.92. The highest BCUT2D eigenvalue weighted by Gasteiger charge is 2.41. The second kappa shape index (κ2) is 10.4. The van der Waals surface area contributed by atoms with E-state index >= 15 is 0 Å². The Morgan fingerprint density at radius 3 is 2.38 bits per heavy atom. The summed E-state index contributed by atoms with van der Waals surface area (Å²) < 4.78 is 20.2. The molecule has 0 radical (unpaired) electrons. The molecule has 0 spiro atoms. The molecule has 7 nitrogen and oxygen atoms in total. The Bertz CT molecular complexity index is 1390. The lowest BCUT2D eigenvalue weighted by atomic mass is 9.73. The minimum absolute atomic E-state index is 0.167. The Hall–Kier alpha value is -4.17. The monoisotopic (exact) mass is 499 g/mol. The first-order valence-corrected chi connectivity index (χ1v) is 12.2. The van der Waals surface area contributed by atoms with Crippen molar-refractivity contribution in [3.63, 3.8) is 0 Å². The van der Waals surface area contributed by atoms with Gasteiger partial charge in [0, 0.05) is 29.3 Å². The number of aliphatic carboxylic acids is 1. The van der Waals surface area contributed by atoms with Crippen LogP contribution in [0.4, 0.5) is 4.39 Å². The summed E-state index contributed by atoms with van der Waals surface area (Å²) >= 11 is 0. The van der Waals surface area contributed by atoms with E-state index < -0.39 is 11.4 Å². The Balaban J connectivity index is 1.20. The van der Waals surface area contributed by atoms with Gasteiger partial charge in [-0.15, -0.1) is 0 Å². The third-order valence-corrected chi connectivity index (χ3v) is 7.06. The fraction of sp³-hybridized carbons (Fsp3) is 0.241. The molecular weight excluding hydrogens is 473 g/mol. The molecule has 1 aliphatic carbocycles. The number of carbonyl (C=O) groups excluding carboxylic acids is 1. The fourth-order valence-electron chi connectivity index (χ4n) is 4.71. The normalized spacial score (nSPS) is 19.4. The molecule has 1 heterocycles. The van der Waals surface area contributed by atoms with Gasteiger partial charge < -0.3 is 19.7 Å². The van der Waals surface area contributed by atoms with E-state index in [1.165, 1.54) is 6.07 Å². The molecule has 188 valence electrons. The number of rotatable bonds is 8. The molecule has 0 atom stereocenters. The molecule has 0 bridgehead atoms. The number of carboxylic acid groups (broad SMARTS) is 1. The van der Waals surface area contributed by atoms with E-state index in [-0.39, 0.29) is 17.7 Å². The summed E-state index contributed by atoms with van der Waals surface area (Å²) in [5.41, 5.74) is 2.40. The number of aromatic nitrogens is 2. The molecule has 0 aliphatic heterocycles. The molecule has 3 aromatic carbocycles. The van der Waals surface area contributed by atoms with Gasteiger partial charge in [0.05, 0.1) is 0 Å². The van der Waals surface area contributed by atoms with Crippen molar-refractivity contribution < 1.29 is 23.6 Å². The number of hydrogen-bond acceptors (Lipinski definition) is 6. The van der Waals surface area contributed by atoms with Gasteiger partial charge in [-0.3, -0.25) is 4.79 Å². The van der Waals surface area contributed by atoms with Gasteiger partial charge in [-0.2, -0.15) is 4.98 Å². The summed E-state index contributed by atoms with van der Waals surface area (Å²) in [7, 11) is 0. The first-order chi connectivity index (χ1) is 18.0. The third-order valence-electron chi connectivity index (χ3n) is 7.06. The van der Waals surface area contributed by atoms with Crippen molar-refractivity contribution in [2.45, 2.75) is 38.3 Å². The summed E-state index contributed by atoms with van der Waals surface area (Å²) in [6, 6.07) is 22.1. The second-order valence-electron chi connectivity index (χ2n) is 9.42. The van der Waals surface area contributed by atoms with Gasteiger partial charge >= 0.3 is 5.97 Å². The van der Waals surface area contributed by atoms with Gasteiger partial charge in [-0.1, -0.05) is 65.8 Å². The Labute approximate surface area is 213 Å². The predicted molar refractivity (Wildman–Crippen MR) is 136 cm³/mol. The number of carbonyl (C=O) groups is 2. The largest absolute Gasteiger partial charge is 0.481 e. The highest BCUT2D eigenvalue weighted by molar-refractivity contribution is 5.92. The van der Waals surface area contributed by atoms with E-state index in [9.17, 15) is 19.1 Å². The predicted octanol–water partition coefficient (Wildman–Crippen LogP) is 5.51. The van der Waals surface area contributed by atoms with Crippen molar-refractivity contribution in [3.05, 3.63) is 84.2 Å². The molecule has 0 amide bonds.